The average molecular weight is 297 g/mol. The maximum absolute atomic E-state index is 11.5. The maximum atomic E-state index is 11.5. The van der Waals surface area contributed by atoms with Crippen LogP contribution in [0.5, 0.6) is 0 Å². The van der Waals surface area contributed by atoms with Crippen LogP contribution in [0, 0.1) is 6.92 Å². The van der Waals surface area contributed by atoms with Crippen molar-refractivity contribution in [3.63, 3.8) is 0 Å². The Morgan fingerprint density at radius 1 is 1.58 bits per heavy atom. The van der Waals surface area contributed by atoms with E-state index in [1.807, 2.05) is 12.3 Å². The number of carbonyl (C=O) groups excluding carboxylic acids is 1. The van der Waals surface area contributed by atoms with Gasteiger partial charge in [0.25, 0.3) is 0 Å². The predicted molar refractivity (Wildman–Crippen MR) is 77.2 cm³/mol. The first-order valence-electron chi connectivity index (χ1n) is 5.80. The SMILES string of the molecule is COC(=O)c1nc(NCC(C)c2nccs2)sc1C. The molecule has 2 rings (SSSR count). The molecule has 0 spiro atoms. The Hall–Kier alpha value is -1.47. The Kier molecular flexibility index (Phi) is 4.49. The summed E-state index contributed by atoms with van der Waals surface area (Å²) in [4.78, 5) is 20.8. The number of nitrogens with zero attached hydrogens (tertiary/aromatic N) is 2. The highest BCUT2D eigenvalue weighted by Crippen LogP contribution is 2.24. The van der Waals surface area contributed by atoms with Gasteiger partial charge in [0.1, 0.15) is 0 Å². The van der Waals surface area contributed by atoms with Crippen LogP contribution in [0.1, 0.15) is 33.2 Å². The summed E-state index contributed by atoms with van der Waals surface area (Å²) < 4.78 is 4.68. The Labute approximate surface area is 119 Å². The van der Waals surface area contributed by atoms with Gasteiger partial charge in [0.2, 0.25) is 0 Å². The number of carbonyl (C=O) groups is 1. The molecule has 0 aliphatic carbocycles. The zero-order valence-electron chi connectivity index (χ0n) is 11.0. The first-order chi connectivity index (χ1) is 9.11. The highest BCUT2D eigenvalue weighted by Gasteiger charge is 2.16. The summed E-state index contributed by atoms with van der Waals surface area (Å²) in [6.45, 7) is 4.70. The summed E-state index contributed by atoms with van der Waals surface area (Å²) >= 11 is 3.10. The molecule has 1 unspecified atom stereocenters. The number of anilines is 1. The molecule has 0 aromatic carbocycles. The number of methoxy groups -OCH3 is 1. The van der Waals surface area contributed by atoms with Crippen molar-refractivity contribution in [1.29, 1.82) is 0 Å². The van der Waals surface area contributed by atoms with Crippen molar-refractivity contribution in [3.8, 4) is 0 Å². The average Bonchev–Trinajstić information content (AvgIpc) is 3.04. The molecule has 0 fully saturated rings. The van der Waals surface area contributed by atoms with E-state index in [-0.39, 0.29) is 0 Å². The van der Waals surface area contributed by atoms with Crippen molar-refractivity contribution in [2.75, 3.05) is 19.0 Å². The van der Waals surface area contributed by atoms with Gasteiger partial charge in [-0.2, -0.15) is 0 Å². The van der Waals surface area contributed by atoms with Gasteiger partial charge in [-0.3, -0.25) is 0 Å². The fourth-order valence-corrected chi connectivity index (χ4v) is 3.07. The molecule has 2 aromatic heterocycles. The van der Waals surface area contributed by atoms with Crippen LogP contribution in [0.25, 0.3) is 0 Å². The van der Waals surface area contributed by atoms with Gasteiger partial charge < -0.3 is 10.1 Å². The molecule has 0 saturated heterocycles. The molecule has 2 aromatic rings. The van der Waals surface area contributed by atoms with Crippen LogP contribution in [0.4, 0.5) is 5.13 Å². The molecule has 0 aliphatic rings. The van der Waals surface area contributed by atoms with Crippen molar-refractivity contribution in [3.05, 3.63) is 27.2 Å². The molecule has 0 aliphatic heterocycles. The van der Waals surface area contributed by atoms with E-state index in [0.29, 0.717) is 11.6 Å². The lowest BCUT2D eigenvalue weighted by atomic mass is 10.2. The third-order valence-electron chi connectivity index (χ3n) is 2.61. The first kappa shape index (κ1) is 14.0. The molecular formula is C12H15N3O2S2. The Balaban J connectivity index is 1.98. The molecule has 1 N–H and O–H groups in total. The largest absolute Gasteiger partial charge is 0.464 e. The number of aromatic nitrogens is 2. The highest BCUT2D eigenvalue weighted by molar-refractivity contribution is 7.15. The molecule has 5 nitrogen and oxygen atoms in total. The topological polar surface area (TPSA) is 64.1 Å². The van der Waals surface area contributed by atoms with Gasteiger partial charge in [0.05, 0.1) is 12.1 Å². The van der Waals surface area contributed by atoms with Gasteiger partial charge in [0.15, 0.2) is 10.8 Å². The van der Waals surface area contributed by atoms with Crippen molar-refractivity contribution in [2.45, 2.75) is 19.8 Å². The van der Waals surface area contributed by atoms with Crippen molar-refractivity contribution >= 4 is 33.8 Å². The van der Waals surface area contributed by atoms with E-state index >= 15 is 0 Å². The van der Waals surface area contributed by atoms with E-state index in [1.165, 1.54) is 18.4 Å². The van der Waals surface area contributed by atoms with Crippen molar-refractivity contribution in [1.82, 2.24) is 9.97 Å². The molecule has 2 heterocycles. The van der Waals surface area contributed by atoms with E-state index in [1.54, 1.807) is 17.5 Å². The lowest BCUT2D eigenvalue weighted by Gasteiger charge is -2.08. The summed E-state index contributed by atoms with van der Waals surface area (Å²) in [5.74, 6) is -0.0828. The Bertz CT molecular complexity index is 551. The predicted octanol–water partition coefficient (Wildman–Crippen LogP) is 2.91. The minimum atomic E-state index is -0.394. The van der Waals surface area contributed by atoms with Crippen LogP contribution in [-0.4, -0.2) is 29.6 Å². The lowest BCUT2D eigenvalue weighted by molar-refractivity contribution is 0.0594. The van der Waals surface area contributed by atoms with Crippen molar-refractivity contribution < 1.29 is 9.53 Å². The molecule has 102 valence electrons. The second kappa shape index (κ2) is 6.12. The van der Waals surface area contributed by atoms with Gasteiger partial charge in [-0.05, 0) is 6.92 Å². The fourth-order valence-electron chi connectivity index (χ4n) is 1.56. The Morgan fingerprint density at radius 2 is 2.37 bits per heavy atom. The third-order valence-corrected chi connectivity index (χ3v) is 4.54. The number of rotatable bonds is 5. The number of aryl methyl sites for hydroxylation is 1. The highest BCUT2D eigenvalue weighted by atomic mass is 32.1. The summed E-state index contributed by atoms with van der Waals surface area (Å²) in [7, 11) is 1.36. The van der Waals surface area contributed by atoms with Crippen LogP contribution in [-0.2, 0) is 4.74 Å². The van der Waals surface area contributed by atoms with Crippen LogP contribution < -0.4 is 5.32 Å². The van der Waals surface area contributed by atoms with Crippen LogP contribution >= 0.6 is 22.7 Å². The molecule has 7 heteroatoms. The molecule has 19 heavy (non-hydrogen) atoms. The molecule has 0 saturated carbocycles. The first-order valence-corrected chi connectivity index (χ1v) is 7.50. The Morgan fingerprint density at radius 3 is 3.00 bits per heavy atom. The number of thiazole rings is 2. The smallest absolute Gasteiger partial charge is 0.357 e. The van der Waals surface area contributed by atoms with E-state index in [0.717, 1.165) is 21.6 Å². The number of hydrogen-bond donors (Lipinski definition) is 1. The van der Waals surface area contributed by atoms with Gasteiger partial charge in [-0.1, -0.05) is 6.92 Å². The van der Waals surface area contributed by atoms with E-state index in [2.05, 4.69) is 26.9 Å². The molecule has 0 amide bonds. The zero-order valence-corrected chi connectivity index (χ0v) is 12.6. The summed E-state index contributed by atoms with van der Waals surface area (Å²) in [5, 5.41) is 7.04. The normalized spacial score (nSPS) is 12.2. The summed E-state index contributed by atoms with van der Waals surface area (Å²) in [6.07, 6.45) is 1.80. The van der Waals surface area contributed by atoms with Gasteiger partial charge >= 0.3 is 5.97 Å². The minimum absolute atomic E-state index is 0.311. The maximum Gasteiger partial charge on any atom is 0.357 e. The summed E-state index contributed by atoms with van der Waals surface area (Å²) in [6, 6.07) is 0. The van der Waals surface area contributed by atoms with Crippen LogP contribution in [0.3, 0.4) is 0 Å². The standard InChI is InChI=1S/C12H15N3O2S2/c1-7(10-13-4-5-18-10)6-14-12-15-9(8(2)19-12)11(16)17-3/h4-5,7H,6H2,1-3H3,(H,14,15). The van der Waals surface area contributed by atoms with Gasteiger partial charge in [-0.25, -0.2) is 14.8 Å². The molecular weight excluding hydrogens is 282 g/mol. The second-order valence-corrected chi connectivity index (χ2v) is 6.20. The van der Waals surface area contributed by atoms with Crippen molar-refractivity contribution in [2.24, 2.45) is 0 Å². The lowest BCUT2D eigenvalue weighted by Crippen LogP contribution is -2.10. The van der Waals surface area contributed by atoms with Gasteiger partial charge in [-0.15, -0.1) is 22.7 Å². The number of esters is 1. The van der Waals surface area contributed by atoms with E-state index < -0.39 is 5.97 Å². The fraction of sp³-hybridized carbons (Fsp3) is 0.417. The molecule has 0 bridgehead atoms. The van der Waals surface area contributed by atoms with E-state index in [4.69, 9.17) is 0 Å². The van der Waals surface area contributed by atoms with Crippen LogP contribution in [0.15, 0.2) is 11.6 Å². The zero-order chi connectivity index (χ0) is 13.8. The quantitative estimate of drug-likeness (QED) is 0.860. The number of nitrogens with one attached hydrogen (secondary N) is 1. The third kappa shape index (κ3) is 3.30. The number of ether oxygens (including phenoxy) is 1. The van der Waals surface area contributed by atoms with E-state index in [9.17, 15) is 4.79 Å². The summed E-state index contributed by atoms with van der Waals surface area (Å²) in [5.41, 5.74) is 0.386. The van der Waals surface area contributed by atoms with Gasteiger partial charge in [0, 0.05) is 28.9 Å². The van der Waals surface area contributed by atoms with Crippen LogP contribution in [0.2, 0.25) is 0 Å². The molecule has 0 radical (unpaired) electrons. The second-order valence-electron chi connectivity index (χ2n) is 4.07. The number of hydrogen-bond acceptors (Lipinski definition) is 7. The minimum Gasteiger partial charge on any atom is -0.464 e. The molecule has 1 atom stereocenters. The monoisotopic (exact) mass is 297 g/mol.